The highest BCUT2D eigenvalue weighted by molar-refractivity contribution is 7.13. The summed E-state index contributed by atoms with van der Waals surface area (Å²) >= 11 is 3.69. The molecule has 2 aliphatic heterocycles. The number of benzene rings is 4. The van der Waals surface area contributed by atoms with Gasteiger partial charge in [-0.1, -0.05) is 120 Å². The third kappa shape index (κ3) is 5.60. The molecule has 0 fully saturated rings. The second kappa shape index (κ2) is 12.9. The van der Waals surface area contributed by atoms with Crippen molar-refractivity contribution in [2.75, 3.05) is 0 Å². The van der Waals surface area contributed by atoms with Crippen molar-refractivity contribution in [3.8, 4) is 0 Å². The van der Waals surface area contributed by atoms with E-state index in [0.717, 1.165) is 39.5 Å². The Morgan fingerprint density at radius 3 is 1.73 bits per heavy atom. The molecule has 4 aromatic carbocycles. The first-order chi connectivity index (χ1) is 25.3. The van der Waals surface area contributed by atoms with Crippen molar-refractivity contribution in [3.63, 3.8) is 0 Å². The molecule has 0 saturated heterocycles. The molecule has 2 nitrogen and oxygen atoms in total. The lowest BCUT2D eigenvalue weighted by molar-refractivity contribution is 0.685. The van der Waals surface area contributed by atoms with Crippen LogP contribution in [0.15, 0.2) is 162 Å². The molecule has 0 saturated carbocycles. The summed E-state index contributed by atoms with van der Waals surface area (Å²) in [5.41, 5.74) is 15.8. The molecule has 7 aromatic rings. The van der Waals surface area contributed by atoms with E-state index in [4.69, 9.17) is 4.99 Å². The number of hydrogen-bond donors (Lipinski definition) is 1. The molecule has 4 heteroatoms. The molecule has 0 spiro atoms. The summed E-state index contributed by atoms with van der Waals surface area (Å²) in [6.07, 6.45) is 4.42. The van der Waals surface area contributed by atoms with Crippen LogP contribution in [0, 0.1) is 20.8 Å². The molecule has 5 heterocycles. The Labute approximate surface area is 313 Å². The highest BCUT2D eigenvalue weighted by atomic mass is 32.1. The van der Waals surface area contributed by atoms with Gasteiger partial charge in [0.1, 0.15) is 0 Å². The van der Waals surface area contributed by atoms with Crippen molar-refractivity contribution in [1.82, 2.24) is 4.98 Å². The van der Waals surface area contributed by atoms with Crippen LogP contribution < -0.4 is 9.06 Å². The van der Waals surface area contributed by atoms with Gasteiger partial charge in [-0.15, -0.1) is 22.7 Å². The zero-order valence-corrected chi connectivity index (χ0v) is 31.3. The molecule has 9 rings (SSSR count). The van der Waals surface area contributed by atoms with Crippen molar-refractivity contribution in [2.45, 2.75) is 33.1 Å². The number of allylic oxidation sites excluding steroid dienone is 2. The minimum atomic E-state index is -0.423. The van der Waals surface area contributed by atoms with Gasteiger partial charge in [-0.2, -0.15) is 0 Å². The van der Waals surface area contributed by atoms with Crippen LogP contribution in [0.25, 0.3) is 16.7 Å². The average Bonchev–Trinajstić information content (AvgIpc) is 4.01. The maximum Gasteiger partial charge on any atom is 0.0730 e. The van der Waals surface area contributed by atoms with Gasteiger partial charge in [0.2, 0.25) is 0 Å². The van der Waals surface area contributed by atoms with Crippen LogP contribution in [-0.2, 0) is 5.41 Å². The van der Waals surface area contributed by atoms with Gasteiger partial charge in [-0.25, -0.2) is 4.99 Å². The number of aliphatic imine (C=N–C) groups is 1. The molecule has 1 atom stereocenters. The summed E-state index contributed by atoms with van der Waals surface area (Å²) in [4.78, 5) is 12.0. The molecular formula is C48H38N2S2. The van der Waals surface area contributed by atoms with Crippen molar-refractivity contribution in [1.29, 1.82) is 0 Å². The maximum atomic E-state index is 5.49. The number of H-pyrrole nitrogens is 1. The van der Waals surface area contributed by atoms with Gasteiger partial charge in [0.25, 0.3) is 0 Å². The fourth-order valence-electron chi connectivity index (χ4n) is 7.45. The summed E-state index contributed by atoms with van der Waals surface area (Å²) in [7, 11) is 0. The monoisotopic (exact) mass is 706 g/mol. The smallest absolute Gasteiger partial charge is 0.0730 e. The summed E-state index contributed by atoms with van der Waals surface area (Å²) in [6, 6.07) is 51.3. The Morgan fingerprint density at radius 2 is 1.10 bits per heavy atom. The zero-order valence-electron chi connectivity index (χ0n) is 29.7. The molecule has 1 unspecified atom stereocenters. The summed E-state index contributed by atoms with van der Waals surface area (Å²) < 4.78 is 2.40. The zero-order chi connectivity index (χ0) is 35.4. The van der Waals surface area contributed by atoms with Crippen LogP contribution in [0.5, 0.6) is 0 Å². The maximum absolute atomic E-state index is 5.49. The van der Waals surface area contributed by atoms with E-state index in [1.165, 1.54) is 57.8 Å². The summed E-state index contributed by atoms with van der Waals surface area (Å²) in [5, 5.41) is 0. The molecule has 0 radical (unpaired) electrons. The first kappa shape index (κ1) is 32.4. The number of aromatic amines is 1. The van der Waals surface area contributed by atoms with E-state index in [1.807, 2.05) is 22.7 Å². The van der Waals surface area contributed by atoms with Gasteiger partial charge in [-0.05, 0) is 98.5 Å². The van der Waals surface area contributed by atoms with E-state index in [1.54, 1.807) is 0 Å². The first-order valence-corrected chi connectivity index (χ1v) is 19.4. The van der Waals surface area contributed by atoms with Crippen LogP contribution in [0.4, 0.5) is 0 Å². The second-order valence-corrected chi connectivity index (χ2v) is 16.2. The molecule has 1 N–H and O–H groups in total. The lowest BCUT2D eigenvalue weighted by atomic mass is 9.78. The van der Waals surface area contributed by atoms with E-state index in [2.05, 4.69) is 184 Å². The highest BCUT2D eigenvalue weighted by Crippen LogP contribution is 2.45. The first-order valence-electron chi connectivity index (χ1n) is 17.8. The predicted octanol–water partition coefficient (Wildman–Crippen LogP) is 10.6. The van der Waals surface area contributed by atoms with Crippen LogP contribution in [0.2, 0.25) is 0 Å². The number of fused-ring (bicyclic) bond motifs is 7. The van der Waals surface area contributed by atoms with Gasteiger partial charge >= 0.3 is 0 Å². The minimum absolute atomic E-state index is 0.423. The Hall–Kier alpha value is -5.55. The molecule has 2 aliphatic rings. The third-order valence-electron chi connectivity index (χ3n) is 10.5. The Morgan fingerprint density at radius 1 is 0.519 bits per heavy atom. The predicted molar refractivity (Wildman–Crippen MR) is 221 cm³/mol. The van der Waals surface area contributed by atoms with E-state index in [0.29, 0.717) is 0 Å². The molecule has 52 heavy (non-hydrogen) atoms. The fourth-order valence-corrected chi connectivity index (χ4v) is 9.88. The van der Waals surface area contributed by atoms with Crippen molar-refractivity contribution in [2.24, 2.45) is 4.99 Å². The molecular weight excluding hydrogens is 669 g/mol. The number of aromatic nitrogens is 1. The van der Waals surface area contributed by atoms with E-state index < -0.39 is 5.41 Å². The average molecular weight is 707 g/mol. The lowest BCUT2D eigenvalue weighted by Crippen LogP contribution is -2.24. The SMILES string of the molecule is Cc1ccc(/C2=C3\C=CC(=N3)/C(c3ccc(C)cc3)=c3/cc/c(s3)=C(\c3ccc(C)cc3)c3ccc([nH]3)C(C)(c3ccccc3)c3ccc2s3)cc1. The van der Waals surface area contributed by atoms with Gasteiger partial charge in [0.05, 0.1) is 16.8 Å². The minimum Gasteiger partial charge on any atom is -0.357 e. The van der Waals surface area contributed by atoms with Gasteiger partial charge in [0, 0.05) is 46.9 Å². The fraction of sp³-hybridized carbons (Fsp3) is 0.104. The second-order valence-electron chi connectivity index (χ2n) is 14.0. The lowest BCUT2D eigenvalue weighted by Gasteiger charge is -2.29. The molecule has 252 valence electrons. The van der Waals surface area contributed by atoms with Crippen molar-refractivity contribution < 1.29 is 0 Å². The Bertz CT molecular complexity index is 2680. The Kier molecular flexibility index (Phi) is 8.03. The van der Waals surface area contributed by atoms with E-state index in [9.17, 15) is 0 Å². The number of nitrogens with zero attached hydrogens (tertiary/aromatic N) is 1. The van der Waals surface area contributed by atoms with Crippen LogP contribution in [0.3, 0.4) is 0 Å². The standard InChI is InChI=1S/C48H38N2S2/c1-30-10-16-33(17-11-30)45-37-22-23-38(49-37)46(34-18-12-31(2)13-19-34)42-27-29-44(52-42)48(4,36-8-6-5-7-9-36)43-28-24-39(50-43)47(41-26-25-40(45)51-41)35-20-14-32(3)15-21-35/h5-29,50H,1-4H3/b45-40-,46-38-,47-41-. The molecule has 0 amide bonds. The number of aryl methyl sites for hydroxylation is 3. The third-order valence-corrected chi connectivity index (χ3v) is 12.9. The van der Waals surface area contributed by atoms with Gasteiger partial charge in [0.15, 0.2) is 0 Å². The van der Waals surface area contributed by atoms with Gasteiger partial charge in [-0.3, -0.25) is 0 Å². The number of thiophene rings is 2. The normalized spacial score (nSPS) is 20.3. The topological polar surface area (TPSA) is 28.1 Å². The number of rotatable bonds is 4. The van der Waals surface area contributed by atoms with Crippen molar-refractivity contribution in [3.05, 3.63) is 227 Å². The molecule has 0 aliphatic carbocycles. The molecule has 3 aromatic heterocycles. The summed E-state index contributed by atoms with van der Waals surface area (Å²) in [6.45, 7) is 8.80. The quantitative estimate of drug-likeness (QED) is 0.189. The number of nitrogens with one attached hydrogen (secondary N) is 1. The van der Waals surface area contributed by atoms with E-state index >= 15 is 0 Å². The van der Waals surface area contributed by atoms with Crippen LogP contribution in [-0.4, -0.2) is 10.7 Å². The van der Waals surface area contributed by atoms with Gasteiger partial charge < -0.3 is 4.98 Å². The molecule has 8 bridgehead atoms. The van der Waals surface area contributed by atoms with Crippen molar-refractivity contribution >= 4 is 45.1 Å². The Balaban J connectivity index is 1.41. The van der Waals surface area contributed by atoms with E-state index in [-0.39, 0.29) is 0 Å². The number of hydrogen-bond acceptors (Lipinski definition) is 3. The van der Waals surface area contributed by atoms with Crippen LogP contribution >= 0.6 is 22.7 Å². The summed E-state index contributed by atoms with van der Waals surface area (Å²) in [5.74, 6) is 0. The highest BCUT2D eigenvalue weighted by Gasteiger charge is 2.35. The van der Waals surface area contributed by atoms with Crippen LogP contribution in [0.1, 0.15) is 67.0 Å². The largest absolute Gasteiger partial charge is 0.357 e.